The summed E-state index contributed by atoms with van der Waals surface area (Å²) in [6.45, 7) is 2.70. The van der Waals surface area contributed by atoms with Gasteiger partial charge in [0.2, 0.25) is 5.91 Å². The summed E-state index contributed by atoms with van der Waals surface area (Å²) >= 11 is 7.62. The second-order valence-electron chi connectivity index (χ2n) is 5.23. The molecule has 3 aromatic rings. The highest BCUT2D eigenvalue weighted by molar-refractivity contribution is 7.99. The zero-order valence-electron chi connectivity index (χ0n) is 13.6. The minimum absolute atomic E-state index is 0.0823. The first kappa shape index (κ1) is 17.5. The van der Waals surface area contributed by atoms with Gasteiger partial charge in [0, 0.05) is 17.8 Å². The third kappa shape index (κ3) is 4.21. The lowest BCUT2D eigenvalue weighted by atomic mass is 10.2. The molecule has 1 N–H and O–H groups in total. The lowest BCUT2D eigenvalue weighted by Crippen LogP contribution is -2.14. The van der Waals surface area contributed by atoms with E-state index in [1.807, 2.05) is 66.1 Å². The summed E-state index contributed by atoms with van der Waals surface area (Å²) in [5.41, 5.74) is 1.61. The molecule has 5 nitrogen and oxygen atoms in total. The van der Waals surface area contributed by atoms with Crippen LogP contribution in [0.3, 0.4) is 0 Å². The smallest absolute Gasteiger partial charge is 0.234 e. The number of amides is 1. The highest BCUT2D eigenvalue weighted by Gasteiger charge is 2.16. The maximum Gasteiger partial charge on any atom is 0.234 e. The number of halogens is 1. The molecule has 3 rings (SSSR count). The molecular weight excluding hydrogens is 356 g/mol. The monoisotopic (exact) mass is 372 g/mol. The van der Waals surface area contributed by atoms with E-state index in [9.17, 15) is 4.79 Å². The number of nitrogens with one attached hydrogen (secondary N) is 1. The number of hydrogen-bond donors (Lipinski definition) is 1. The van der Waals surface area contributed by atoms with Crippen molar-refractivity contribution in [2.24, 2.45) is 0 Å². The molecule has 0 aliphatic carbocycles. The number of nitrogens with zero attached hydrogens (tertiary/aromatic N) is 3. The molecule has 0 saturated carbocycles. The first-order chi connectivity index (χ1) is 12.2. The quantitative estimate of drug-likeness (QED) is 0.653. The third-order valence-electron chi connectivity index (χ3n) is 3.54. The first-order valence-electron chi connectivity index (χ1n) is 7.85. The number of aromatic nitrogens is 3. The minimum atomic E-state index is -0.0823. The molecule has 0 atom stereocenters. The number of rotatable bonds is 6. The van der Waals surface area contributed by atoms with Crippen molar-refractivity contribution in [1.29, 1.82) is 0 Å². The Kier molecular flexibility index (Phi) is 5.73. The third-order valence-corrected chi connectivity index (χ3v) is 4.83. The van der Waals surface area contributed by atoms with E-state index >= 15 is 0 Å². The van der Waals surface area contributed by atoms with E-state index < -0.39 is 0 Å². The van der Waals surface area contributed by atoms with E-state index in [-0.39, 0.29) is 11.7 Å². The number of carbonyl (C=O) groups is 1. The predicted octanol–water partition coefficient (Wildman–Crippen LogP) is 4.35. The zero-order valence-corrected chi connectivity index (χ0v) is 15.2. The molecule has 0 bridgehead atoms. The van der Waals surface area contributed by atoms with Crippen LogP contribution in [0.1, 0.15) is 6.92 Å². The Bertz CT molecular complexity index is 867. The molecule has 0 unspecified atom stereocenters. The zero-order chi connectivity index (χ0) is 17.6. The molecule has 25 heavy (non-hydrogen) atoms. The number of hydrogen-bond acceptors (Lipinski definition) is 4. The van der Waals surface area contributed by atoms with E-state index in [1.54, 1.807) is 0 Å². The second-order valence-corrected chi connectivity index (χ2v) is 6.58. The van der Waals surface area contributed by atoms with Gasteiger partial charge in [0.15, 0.2) is 11.0 Å². The first-order valence-corrected chi connectivity index (χ1v) is 9.21. The Labute approximate surface area is 155 Å². The fourth-order valence-electron chi connectivity index (χ4n) is 2.37. The summed E-state index contributed by atoms with van der Waals surface area (Å²) in [7, 11) is 0. The van der Waals surface area contributed by atoms with Crippen LogP contribution in [0.5, 0.6) is 0 Å². The molecule has 1 aromatic heterocycles. The van der Waals surface area contributed by atoms with Crippen molar-refractivity contribution in [3.63, 3.8) is 0 Å². The lowest BCUT2D eigenvalue weighted by molar-refractivity contribution is -0.113. The van der Waals surface area contributed by atoms with Crippen molar-refractivity contribution in [1.82, 2.24) is 14.8 Å². The van der Waals surface area contributed by atoms with Crippen LogP contribution < -0.4 is 5.32 Å². The Hall–Kier alpha value is -2.31. The Morgan fingerprint density at radius 3 is 2.56 bits per heavy atom. The van der Waals surface area contributed by atoms with Gasteiger partial charge in [0.05, 0.1) is 10.8 Å². The average Bonchev–Trinajstić information content (AvgIpc) is 3.04. The molecule has 1 amide bonds. The minimum Gasteiger partial charge on any atom is -0.325 e. The molecule has 2 aromatic carbocycles. The van der Waals surface area contributed by atoms with Gasteiger partial charge in [-0.1, -0.05) is 53.7 Å². The highest BCUT2D eigenvalue weighted by Crippen LogP contribution is 2.29. The second kappa shape index (κ2) is 8.18. The summed E-state index contributed by atoms with van der Waals surface area (Å²) < 4.78 is 1.96. The van der Waals surface area contributed by atoms with Crippen molar-refractivity contribution in [3.05, 3.63) is 59.6 Å². The Morgan fingerprint density at radius 2 is 1.84 bits per heavy atom. The van der Waals surface area contributed by atoms with E-state index in [0.29, 0.717) is 22.5 Å². The maximum absolute atomic E-state index is 12.1. The number of anilines is 1. The molecule has 7 heteroatoms. The fourth-order valence-corrected chi connectivity index (χ4v) is 3.39. The number of benzene rings is 2. The standard InChI is InChI=1S/C18H17ClN4OS/c1-2-23-17(14-10-6-7-11-15(14)19)21-22-18(23)25-12-16(24)20-13-8-4-3-5-9-13/h3-11H,2,12H2,1H3,(H,20,24). The molecule has 128 valence electrons. The van der Waals surface area contributed by atoms with Gasteiger partial charge in [-0.2, -0.15) is 0 Å². The average molecular weight is 373 g/mol. The Balaban J connectivity index is 1.71. The molecule has 0 spiro atoms. The molecule has 0 aliphatic heterocycles. The fraction of sp³-hybridized carbons (Fsp3) is 0.167. The summed E-state index contributed by atoms with van der Waals surface area (Å²) in [5, 5.41) is 12.7. The molecule has 1 heterocycles. The van der Waals surface area contributed by atoms with Gasteiger partial charge in [0.1, 0.15) is 0 Å². The topological polar surface area (TPSA) is 59.8 Å². The molecule has 0 saturated heterocycles. The van der Waals surface area contributed by atoms with Gasteiger partial charge < -0.3 is 9.88 Å². The SMILES string of the molecule is CCn1c(SCC(=O)Nc2ccccc2)nnc1-c1ccccc1Cl. The van der Waals surface area contributed by atoms with Crippen molar-refractivity contribution in [2.75, 3.05) is 11.1 Å². The van der Waals surface area contributed by atoms with Crippen LogP contribution in [0, 0.1) is 0 Å². The maximum atomic E-state index is 12.1. The van der Waals surface area contributed by atoms with Gasteiger partial charge in [-0.05, 0) is 31.2 Å². The van der Waals surface area contributed by atoms with Crippen molar-refractivity contribution in [3.8, 4) is 11.4 Å². The van der Waals surface area contributed by atoms with Crippen LogP contribution in [-0.2, 0) is 11.3 Å². The molecule has 0 fully saturated rings. The van der Waals surface area contributed by atoms with Crippen LogP contribution >= 0.6 is 23.4 Å². The van der Waals surface area contributed by atoms with Gasteiger partial charge in [-0.15, -0.1) is 10.2 Å². The molecular formula is C18H17ClN4OS. The predicted molar refractivity (Wildman–Crippen MR) is 102 cm³/mol. The van der Waals surface area contributed by atoms with Crippen molar-refractivity contribution < 1.29 is 4.79 Å². The van der Waals surface area contributed by atoms with E-state index in [0.717, 1.165) is 11.3 Å². The summed E-state index contributed by atoms with van der Waals surface area (Å²) in [4.78, 5) is 12.1. The normalized spacial score (nSPS) is 10.6. The number of para-hydroxylation sites is 1. The summed E-state index contributed by atoms with van der Waals surface area (Å²) in [5.74, 6) is 0.885. The molecule has 0 radical (unpaired) electrons. The Morgan fingerprint density at radius 1 is 1.12 bits per heavy atom. The number of thioether (sulfide) groups is 1. The van der Waals surface area contributed by atoms with E-state index in [1.165, 1.54) is 11.8 Å². The van der Waals surface area contributed by atoms with Gasteiger partial charge in [-0.3, -0.25) is 4.79 Å². The van der Waals surface area contributed by atoms with Crippen LogP contribution in [0.2, 0.25) is 5.02 Å². The lowest BCUT2D eigenvalue weighted by Gasteiger charge is -2.08. The van der Waals surface area contributed by atoms with Crippen molar-refractivity contribution in [2.45, 2.75) is 18.6 Å². The van der Waals surface area contributed by atoms with Gasteiger partial charge in [0.25, 0.3) is 0 Å². The highest BCUT2D eigenvalue weighted by atomic mass is 35.5. The molecule has 0 aliphatic rings. The van der Waals surface area contributed by atoms with E-state index in [4.69, 9.17) is 11.6 Å². The number of carbonyl (C=O) groups excluding carboxylic acids is 1. The summed E-state index contributed by atoms with van der Waals surface area (Å²) in [6.07, 6.45) is 0. The van der Waals surface area contributed by atoms with Gasteiger partial charge >= 0.3 is 0 Å². The van der Waals surface area contributed by atoms with Crippen LogP contribution in [0.25, 0.3) is 11.4 Å². The largest absolute Gasteiger partial charge is 0.325 e. The van der Waals surface area contributed by atoms with Crippen molar-refractivity contribution >= 4 is 35.0 Å². The van der Waals surface area contributed by atoms with Gasteiger partial charge in [-0.25, -0.2) is 0 Å². The van der Waals surface area contributed by atoms with Crippen LogP contribution in [0.4, 0.5) is 5.69 Å². The summed E-state index contributed by atoms with van der Waals surface area (Å²) in [6, 6.07) is 16.9. The van der Waals surface area contributed by atoms with Crippen LogP contribution in [0.15, 0.2) is 59.8 Å². The van der Waals surface area contributed by atoms with Crippen LogP contribution in [-0.4, -0.2) is 26.4 Å². The van der Waals surface area contributed by atoms with E-state index in [2.05, 4.69) is 15.5 Å².